The van der Waals surface area contributed by atoms with E-state index in [0.29, 0.717) is 41.6 Å². The minimum Gasteiger partial charge on any atom is -0.496 e. The van der Waals surface area contributed by atoms with Crippen molar-refractivity contribution in [2.75, 3.05) is 7.11 Å². The molecule has 5 aromatic rings. The lowest BCUT2D eigenvalue weighted by molar-refractivity contribution is 0.0729. The Balaban J connectivity index is 1.45. The number of nitrogens with zero attached hydrogens (tertiary/aromatic N) is 1. The van der Waals surface area contributed by atoms with E-state index in [0.717, 1.165) is 16.5 Å². The van der Waals surface area contributed by atoms with Gasteiger partial charge in [0, 0.05) is 36.5 Å². The number of hydrazone groups is 1. The van der Waals surface area contributed by atoms with Crippen molar-refractivity contribution < 1.29 is 19.1 Å². The molecule has 1 heterocycles. The van der Waals surface area contributed by atoms with Gasteiger partial charge in [0.15, 0.2) is 5.75 Å². The number of aromatic nitrogens is 1. The number of rotatable bonds is 7. The quantitative estimate of drug-likeness (QED) is 0.0764. The monoisotopic (exact) mass is 713 g/mol. The van der Waals surface area contributed by atoms with E-state index in [9.17, 15) is 9.59 Å². The summed E-state index contributed by atoms with van der Waals surface area (Å²) < 4.78 is 12.2. The van der Waals surface area contributed by atoms with Gasteiger partial charge in [0.1, 0.15) is 17.0 Å². The molecule has 0 radical (unpaired) electrons. The van der Waals surface area contributed by atoms with Crippen LogP contribution in [0.1, 0.15) is 26.4 Å². The van der Waals surface area contributed by atoms with E-state index >= 15 is 0 Å². The maximum Gasteiger partial charge on any atom is 0.347 e. The third-order valence-corrected chi connectivity index (χ3v) is 7.55. The van der Waals surface area contributed by atoms with Crippen LogP contribution >= 0.6 is 55.1 Å². The molecule has 5 rings (SSSR count). The third-order valence-electron chi connectivity index (χ3n) is 6.03. The molecule has 4 aromatic carbocycles. The largest absolute Gasteiger partial charge is 0.496 e. The maximum absolute atomic E-state index is 13.3. The second-order valence-corrected chi connectivity index (χ2v) is 11.3. The van der Waals surface area contributed by atoms with Crippen molar-refractivity contribution in [2.24, 2.45) is 5.10 Å². The average Bonchev–Trinajstić information content (AvgIpc) is 3.33. The number of amides is 1. The van der Waals surface area contributed by atoms with Crippen LogP contribution in [0.4, 0.5) is 0 Å². The summed E-state index contributed by atoms with van der Waals surface area (Å²) >= 11 is 19.2. The molecule has 0 aliphatic heterocycles. The Morgan fingerprint density at radius 2 is 1.68 bits per heavy atom. The van der Waals surface area contributed by atoms with Crippen LogP contribution in [0.25, 0.3) is 22.0 Å². The second kappa shape index (κ2) is 12.5. The molecular weight excluding hydrogens is 697 g/mol. The summed E-state index contributed by atoms with van der Waals surface area (Å²) in [6.45, 7) is 0. The zero-order valence-electron chi connectivity index (χ0n) is 21.2. The number of carbonyl (C=O) groups is 2. The number of aromatic amines is 1. The van der Waals surface area contributed by atoms with Gasteiger partial charge < -0.3 is 14.5 Å². The molecule has 0 aliphatic rings. The molecule has 0 spiro atoms. The molecule has 0 unspecified atom stereocenters. The van der Waals surface area contributed by atoms with Gasteiger partial charge >= 0.3 is 5.97 Å². The first kappa shape index (κ1) is 28.9. The number of ether oxygens (including phenoxy) is 2. The minimum atomic E-state index is -0.685. The molecule has 1 aromatic heterocycles. The smallest absolute Gasteiger partial charge is 0.347 e. The number of methoxy groups -OCH3 is 1. The van der Waals surface area contributed by atoms with E-state index in [1.807, 2.05) is 42.5 Å². The van der Waals surface area contributed by atoms with Crippen molar-refractivity contribution in [3.8, 4) is 22.6 Å². The maximum atomic E-state index is 13.3. The number of carbonyl (C=O) groups excluding carboxylic acids is 2. The molecule has 0 saturated carbocycles. The van der Waals surface area contributed by atoms with Gasteiger partial charge in [-0.3, -0.25) is 4.79 Å². The summed E-state index contributed by atoms with van der Waals surface area (Å²) in [6.07, 6.45) is 1.38. The molecular formula is C30H19Br2Cl2N3O4. The summed E-state index contributed by atoms with van der Waals surface area (Å²) in [5.41, 5.74) is 5.75. The van der Waals surface area contributed by atoms with E-state index in [-0.39, 0.29) is 11.3 Å². The number of hydrogen-bond donors (Lipinski definition) is 2. The Hall–Kier alpha value is -3.63. The lowest BCUT2D eigenvalue weighted by Crippen LogP contribution is -2.19. The van der Waals surface area contributed by atoms with E-state index < -0.39 is 11.9 Å². The van der Waals surface area contributed by atoms with E-state index in [4.69, 9.17) is 32.7 Å². The average molecular weight is 716 g/mol. The van der Waals surface area contributed by atoms with Crippen molar-refractivity contribution in [3.63, 3.8) is 0 Å². The molecule has 0 bridgehead atoms. The highest BCUT2D eigenvalue weighted by atomic mass is 79.9. The summed E-state index contributed by atoms with van der Waals surface area (Å²) in [5, 5.41) is 5.87. The van der Waals surface area contributed by atoms with Gasteiger partial charge in [0.2, 0.25) is 0 Å². The van der Waals surface area contributed by atoms with Crippen molar-refractivity contribution in [1.82, 2.24) is 10.4 Å². The van der Waals surface area contributed by atoms with Crippen molar-refractivity contribution in [3.05, 3.63) is 115 Å². The van der Waals surface area contributed by atoms with Gasteiger partial charge in [-0.05, 0) is 70.0 Å². The molecule has 0 fully saturated rings. The number of esters is 1. The van der Waals surface area contributed by atoms with Crippen LogP contribution in [0.15, 0.2) is 92.9 Å². The zero-order valence-corrected chi connectivity index (χ0v) is 25.9. The summed E-state index contributed by atoms with van der Waals surface area (Å²) in [5.74, 6) is -0.661. The zero-order chi connectivity index (χ0) is 29.1. The van der Waals surface area contributed by atoms with Crippen LogP contribution in [-0.2, 0) is 0 Å². The highest BCUT2D eigenvalue weighted by molar-refractivity contribution is 9.11. The fraction of sp³-hybridized carbons (Fsp3) is 0.0333. The van der Waals surface area contributed by atoms with Gasteiger partial charge in [-0.15, -0.1) is 0 Å². The normalized spacial score (nSPS) is 11.1. The predicted octanol–water partition coefficient (Wildman–Crippen LogP) is 8.66. The van der Waals surface area contributed by atoms with E-state index in [2.05, 4.69) is 47.4 Å². The fourth-order valence-corrected chi connectivity index (χ4v) is 5.91. The Labute approximate surface area is 261 Å². The Bertz CT molecular complexity index is 1820. The lowest BCUT2D eigenvalue weighted by Gasteiger charge is -2.12. The topological polar surface area (TPSA) is 92.8 Å². The molecule has 1 amide bonds. The summed E-state index contributed by atoms with van der Waals surface area (Å²) in [4.78, 5) is 29.6. The first-order valence-electron chi connectivity index (χ1n) is 12.0. The molecule has 0 atom stereocenters. The first-order chi connectivity index (χ1) is 19.7. The van der Waals surface area contributed by atoms with Gasteiger partial charge in [0.25, 0.3) is 5.91 Å². The summed E-state index contributed by atoms with van der Waals surface area (Å²) in [6, 6.07) is 23.0. The minimum absolute atomic E-state index is 0.151. The molecule has 41 heavy (non-hydrogen) atoms. The first-order valence-corrected chi connectivity index (χ1v) is 14.3. The van der Waals surface area contributed by atoms with E-state index in [1.165, 1.54) is 19.4 Å². The second-order valence-electron chi connectivity index (χ2n) is 8.67. The SMILES string of the molecule is COc1ccc(Cl)cc1C(=O)Oc1c(Br)cc(Br)cc1C=NNC(=O)c1[nH]c2ccc(Cl)cc2c1-c1ccccc1. The highest BCUT2D eigenvalue weighted by Crippen LogP contribution is 2.35. The van der Waals surface area contributed by atoms with E-state index in [1.54, 1.807) is 30.3 Å². The highest BCUT2D eigenvalue weighted by Gasteiger charge is 2.21. The number of hydrogen-bond acceptors (Lipinski definition) is 5. The number of benzene rings is 4. The molecule has 2 N–H and O–H groups in total. The Morgan fingerprint density at radius 3 is 2.44 bits per heavy atom. The van der Waals surface area contributed by atoms with Gasteiger partial charge in [-0.25, -0.2) is 10.2 Å². The number of nitrogens with one attached hydrogen (secondary N) is 2. The standard InChI is InChI=1S/C30H19Br2Cl2N3O4/c1-40-25-10-8-20(34)14-22(25)30(39)41-28-17(11-18(31)12-23(28)32)15-35-37-29(38)27-26(16-5-3-2-4-6-16)21-13-19(33)7-9-24(21)36-27/h2-15,36H,1H3,(H,37,38). The van der Waals surface area contributed by atoms with Gasteiger partial charge in [0.05, 0.1) is 17.8 Å². The molecule has 206 valence electrons. The third kappa shape index (κ3) is 6.33. The number of fused-ring (bicyclic) bond motifs is 1. The Kier molecular flexibility index (Phi) is 8.79. The molecule has 11 heteroatoms. The fourth-order valence-electron chi connectivity index (χ4n) is 4.23. The predicted molar refractivity (Wildman–Crippen MR) is 169 cm³/mol. The number of H-pyrrole nitrogens is 1. The van der Waals surface area contributed by atoms with Gasteiger partial charge in [-0.2, -0.15) is 5.10 Å². The Morgan fingerprint density at radius 1 is 0.951 bits per heavy atom. The van der Waals surface area contributed by atoms with Crippen LogP contribution in [-0.4, -0.2) is 30.2 Å². The lowest BCUT2D eigenvalue weighted by atomic mass is 10.0. The van der Waals surface area contributed by atoms with Crippen LogP contribution in [0.3, 0.4) is 0 Å². The summed E-state index contributed by atoms with van der Waals surface area (Å²) in [7, 11) is 1.45. The molecule has 0 saturated heterocycles. The van der Waals surface area contributed by atoms with Crippen molar-refractivity contribution >= 4 is 84.1 Å². The van der Waals surface area contributed by atoms with Crippen LogP contribution in [0.5, 0.6) is 11.5 Å². The molecule has 0 aliphatic carbocycles. The van der Waals surface area contributed by atoms with Gasteiger partial charge in [-0.1, -0.05) is 69.5 Å². The molecule has 7 nitrogen and oxygen atoms in total. The number of halogens is 4. The van der Waals surface area contributed by atoms with Crippen molar-refractivity contribution in [1.29, 1.82) is 0 Å². The van der Waals surface area contributed by atoms with Crippen LogP contribution < -0.4 is 14.9 Å². The van der Waals surface area contributed by atoms with Crippen LogP contribution in [0.2, 0.25) is 10.0 Å². The van der Waals surface area contributed by atoms with Crippen LogP contribution in [0, 0.1) is 0 Å². The van der Waals surface area contributed by atoms with Crippen molar-refractivity contribution in [2.45, 2.75) is 0 Å².